The van der Waals surface area contributed by atoms with Crippen LogP contribution in [0.5, 0.6) is 11.5 Å². The number of carbonyl (C=O) groups is 3. The van der Waals surface area contributed by atoms with Crippen molar-refractivity contribution in [2.75, 3.05) is 52.9 Å². The minimum atomic E-state index is -0.864. The zero-order valence-electron chi connectivity index (χ0n) is 31.8. The summed E-state index contributed by atoms with van der Waals surface area (Å²) in [6.45, 7) is 11.9. The summed E-state index contributed by atoms with van der Waals surface area (Å²) >= 11 is 0. The standard InChI is InChI=1S/C38H50FN5O9/c1-37(2,3)52-35(46)43-18-22(19-43)21-51-27-17-40-16-15-24(27)31-32(41-26-12-10-11-25(39)33(26)50-9)29-30(42-31)23(13-14-28(48-7)49-8)20-44(34(29)45)36(47)53-38(4,5)6/h10-12,15-17,22-23,28,41-42H,13-14,18-21H2,1-9H3. The molecule has 288 valence electrons. The van der Waals surface area contributed by atoms with Crippen molar-refractivity contribution in [1.82, 2.24) is 19.8 Å². The molecule has 1 fully saturated rings. The summed E-state index contributed by atoms with van der Waals surface area (Å²) in [6, 6.07) is 6.15. The van der Waals surface area contributed by atoms with Gasteiger partial charge in [-0.05, 0) is 72.6 Å². The van der Waals surface area contributed by atoms with Crippen LogP contribution in [0.4, 0.5) is 25.4 Å². The number of para-hydroxylation sites is 1. The highest BCUT2D eigenvalue weighted by atomic mass is 19.1. The molecule has 5 rings (SSSR count). The molecule has 1 unspecified atom stereocenters. The van der Waals surface area contributed by atoms with Crippen molar-refractivity contribution >= 4 is 29.5 Å². The maximum absolute atomic E-state index is 15.0. The third-order valence-electron chi connectivity index (χ3n) is 8.76. The number of carbonyl (C=O) groups excluding carboxylic acids is 3. The van der Waals surface area contributed by atoms with Crippen LogP contribution in [0.1, 0.15) is 76.4 Å². The minimum Gasteiger partial charge on any atom is -0.492 e. The monoisotopic (exact) mass is 739 g/mol. The summed E-state index contributed by atoms with van der Waals surface area (Å²) in [6.07, 6.45) is 2.39. The van der Waals surface area contributed by atoms with E-state index in [9.17, 15) is 18.8 Å². The second-order valence-corrected chi connectivity index (χ2v) is 15.1. The molecule has 3 aromatic rings. The first-order valence-corrected chi connectivity index (χ1v) is 17.5. The van der Waals surface area contributed by atoms with Crippen LogP contribution in [0.25, 0.3) is 11.3 Å². The first-order valence-electron chi connectivity index (χ1n) is 17.5. The molecular weight excluding hydrogens is 689 g/mol. The van der Waals surface area contributed by atoms with E-state index in [-0.39, 0.29) is 47.9 Å². The van der Waals surface area contributed by atoms with E-state index in [1.807, 2.05) is 20.8 Å². The lowest BCUT2D eigenvalue weighted by Crippen LogP contribution is -2.53. The number of rotatable bonds is 12. The molecular formula is C38H50FN5O9. The number of fused-ring (bicyclic) bond motifs is 1. The molecule has 4 heterocycles. The Labute approximate surface area is 309 Å². The number of aromatic nitrogens is 2. The summed E-state index contributed by atoms with van der Waals surface area (Å²) in [4.78, 5) is 51.0. The number of aromatic amines is 1. The normalized spacial score (nSPS) is 16.3. The number of ether oxygens (including phenoxy) is 6. The van der Waals surface area contributed by atoms with Crippen molar-refractivity contribution < 1.29 is 47.2 Å². The van der Waals surface area contributed by atoms with E-state index in [1.54, 1.807) is 64.4 Å². The molecule has 14 nitrogen and oxygen atoms in total. The maximum atomic E-state index is 15.0. The lowest BCUT2D eigenvalue weighted by Gasteiger charge is -2.39. The molecule has 2 N–H and O–H groups in total. The minimum absolute atomic E-state index is 0.0269. The van der Waals surface area contributed by atoms with E-state index in [4.69, 9.17) is 28.4 Å². The summed E-state index contributed by atoms with van der Waals surface area (Å²) in [5.74, 6) is -1.22. The predicted octanol–water partition coefficient (Wildman–Crippen LogP) is 7.09. The Morgan fingerprint density at radius 3 is 2.32 bits per heavy atom. The molecule has 3 amide bonds. The first-order chi connectivity index (χ1) is 25.0. The number of pyridine rings is 1. The highest BCUT2D eigenvalue weighted by Crippen LogP contribution is 2.46. The molecule has 2 aromatic heterocycles. The molecule has 0 spiro atoms. The fraction of sp³-hybridized carbons (Fsp3) is 0.526. The Morgan fingerprint density at radius 2 is 1.68 bits per heavy atom. The predicted molar refractivity (Wildman–Crippen MR) is 194 cm³/mol. The second kappa shape index (κ2) is 16.0. The lowest BCUT2D eigenvalue weighted by molar-refractivity contribution is -0.107. The van der Waals surface area contributed by atoms with Crippen LogP contribution in [0, 0.1) is 11.7 Å². The number of nitrogens with one attached hydrogen (secondary N) is 2. The van der Waals surface area contributed by atoms with E-state index in [0.717, 1.165) is 4.90 Å². The molecule has 15 heteroatoms. The summed E-state index contributed by atoms with van der Waals surface area (Å²) in [5.41, 5.74) is 0.799. The molecule has 1 atom stereocenters. The average Bonchev–Trinajstić information content (AvgIpc) is 3.43. The van der Waals surface area contributed by atoms with Gasteiger partial charge in [0.25, 0.3) is 5.91 Å². The van der Waals surface area contributed by atoms with Gasteiger partial charge in [0.2, 0.25) is 0 Å². The van der Waals surface area contributed by atoms with E-state index in [2.05, 4.69) is 15.3 Å². The van der Waals surface area contributed by atoms with Gasteiger partial charge in [-0.1, -0.05) is 6.07 Å². The van der Waals surface area contributed by atoms with Gasteiger partial charge in [0, 0.05) is 63.1 Å². The number of H-pyrrole nitrogens is 1. The number of halogens is 1. The number of imide groups is 1. The molecule has 1 aromatic carbocycles. The quantitative estimate of drug-likeness (QED) is 0.183. The highest BCUT2D eigenvalue weighted by Gasteiger charge is 2.42. The smallest absolute Gasteiger partial charge is 0.417 e. The molecule has 0 saturated carbocycles. The lowest BCUT2D eigenvalue weighted by atomic mass is 9.91. The van der Waals surface area contributed by atoms with Crippen LogP contribution < -0.4 is 14.8 Å². The van der Waals surface area contributed by atoms with Gasteiger partial charge in [0.15, 0.2) is 17.9 Å². The van der Waals surface area contributed by atoms with E-state index in [1.165, 1.54) is 19.2 Å². The van der Waals surface area contributed by atoms with Crippen molar-refractivity contribution in [2.24, 2.45) is 5.92 Å². The molecule has 0 aliphatic carbocycles. The number of benzene rings is 1. The van der Waals surface area contributed by atoms with Gasteiger partial charge in [0.05, 0.1) is 42.5 Å². The molecule has 0 bridgehead atoms. The maximum Gasteiger partial charge on any atom is 0.417 e. The number of anilines is 2. The van der Waals surface area contributed by atoms with E-state index in [0.29, 0.717) is 48.6 Å². The van der Waals surface area contributed by atoms with Crippen LogP contribution in [0.15, 0.2) is 36.7 Å². The van der Waals surface area contributed by atoms with E-state index < -0.39 is 41.2 Å². The van der Waals surface area contributed by atoms with Crippen LogP contribution in [-0.2, 0) is 18.9 Å². The van der Waals surface area contributed by atoms with Crippen LogP contribution in [-0.4, -0.2) is 103 Å². The third kappa shape index (κ3) is 9.19. The van der Waals surface area contributed by atoms with Crippen molar-refractivity contribution in [3.63, 3.8) is 0 Å². The average molecular weight is 740 g/mol. The third-order valence-corrected chi connectivity index (χ3v) is 8.76. The number of hydrogen-bond acceptors (Lipinski definition) is 11. The summed E-state index contributed by atoms with van der Waals surface area (Å²) in [7, 11) is 4.44. The molecule has 2 aliphatic rings. The van der Waals surface area contributed by atoms with Gasteiger partial charge < -0.3 is 43.6 Å². The fourth-order valence-electron chi connectivity index (χ4n) is 6.29. The van der Waals surface area contributed by atoms with Crippen molar-refractivity contribution in [2.45, 2.75) is 77.8 Å². The first kappa shape index (κ1) is 39.3. The van der Waals surface area contributed by atoms with Gasteiger partial charge in [-0.3, -0.25) is 9.78 Å². The van der Waals surface area contributed by atoms with Gasteiger partial charge in [-0.2, -0.15) is 0 Å². The van der Waals surface area contributed by atoms with Gasteiger partial charge in [-0.25, -0.2) is 18.9 Å². The molecule has 1 saturated heterocycles. The molecule has 53 heavy (non-hydrogen) atoms. The Hall–Kier alpha value is -4.89. The Morgan fingerprint density at radius 1 is 1.00 bits per heavy atom. The molecule has 2 aliphatic heterocycles. The van der Waals surface area contributed by atoms with Crippen molar-refractivity contribution in [3.05, 3.63) is 53.7 Å². The largest absolute Gasteiger partial charge is 0.492 e. The van der Waals surface area contributed by atoms with E-state index >= 15 is 0 Å². The van der Waals surface area contributed by atoms with Crippen molar-refractivity contribution in [1.29, 1.82) is 0 Å². The zero-order chi connectivity index (χ0) is 38.7. The van der Waals surface area contributed by atoms with Crippen molar-refractivity contribution in [3.8, 4) is 22.8 Å². The summed E-state index contributed by atoms with van der Waals surface area (Å²) < 4.78 is 48.8. The second-order valence-electron chi connectivity index (χ2n) is 15.1. The van der Waals surface area contributed by atoms with Crippen LogP contribution >= 0.6 is 0 Å². The number of likely N-dealkylation sites (tertiary alicyclic amines) is 1. The zero-order valence-corrected chi connectivity index (χ0v) is 31.8. The Bertz CT molecular complexity index is 1790. The van der Waals surface area contributed by atoms with Gasteiger partial charge in [-0.15, -0.1) is 0 Å². The van der Waals surface area contributed by atoms with Gasteiger partial charge >= 0.3 is 12.2 Å². The molecule has 0 radical (unpaired) electrons. The fourth-order valence-corrected chi connectivity index (χ4v) is 6.29. The number of methoxy groups -OCH3 is 3. The Balaban J connectivity index is 1.56. The summed E-state index contributed by atoms with van der Waals surface area (Å²) in [5, 5.41) is 3.26. The number of amides is 3. The van der Waals surface area contributed by atoms with Crippen LogP contribution in [0.3, 0.4) is 0 Å². The highest BCUT2D eigenvalue weighted by molar-refractivity contribution is 6.11. The SMILES string of the molecule is COc1c(F)cccc1Nc1c(-c2ccncc2OCC2CN(C(=O)OC(C)(C)C)C2)[nH]c2c1C(=O)N(C(=O)OC(C)(C)C)CC2CCC(OC)OC. The number of hydrogen-bond donors (Lipinski definition) is 2. The van der Waals surface area contributed by atoms with Crippen LogP contribution in [0.2, 0.25) is 0 Å². The topological polar surface area (TPSA) is 154 Å². The van der Waals surface area contributed by atoms with Gasteiger partial charge in [0.1, 0.15) is 17.0 Å². The Kier molecular flexibility index (Phi) is 11.9. The number of nitrogens with zero attached hydrogens (tertiary/aromatic N) is 3.